The van der Waals surface area contributed by atoms with Crippen molar-refractivity contribution in [3.63, 3.8) is 0 Å². The molecule has 1 saturated heterocycles. The first kappa shape index (κ1) is 15.8. The summed E-state index contributed by atoms with van der Waals surface area (Å²) in [5, 5.41) is 18.8. The average molecular weight is 312 g/mol. The lowest BCUT2D eigenvalue weighted by molar-refractivity contribution is -0.148. The van der Waals surface area contributed by atoms with Crippen LogP contribution < -0.4 is 10.6 Å². The highest BCUT2D eigenvalue weighted by Gasteiger charge is 2.47. The molecule has 3 atom stereocenters. The van der Waals surface area contributed by atoms with Crippen LogP contribution in [0.5, 0.6) is 0 Å². The zero-order valence-corrected chi connectivity index (χ0v) is 12.9. The predicted molar refractivity (Wildman–Crippen MR) is 79.5 cm³/mol. The summed E-state index contributed by atoms with van der Waals surface area (Å²) in [6.45, 7) is 3.83. The molecule has 1 aromatic rings. The Kier molecular flexibility index (Phi) is 4.84. The number of carboxylic acids is 1. The number of nitrogens with one attached hydrogen (secondary N) is 2. The van der Waals surface area contributed by atoms with Crippen LogP contribution in [-0.4, -0.2) is 42.4 Å². The first-order valence-corrected chi connectivity index (χ1v) is 7.75. The van der Waals surface area contributed by atoms with Crippen molar-refractivity contribution in [2.45, 2.75) is 32.4 Å². The maximum absolute atomic E-state index is 12.0. The molecule has 0 saturated carbocycles. The van der Waals surface area contributed by atoms with Crippen molar-refractivity contribution in [1.29, 1.82) is 0 Å². The van der Waals surface area contributed by atoms with E-state index >= 15 is 0 Å². The average Bonchev–Trinajstić information content (AvgIpc) is 3.01. The molecule has 1 aliphatic rings. The number of carbonyl (C=O) groups is 2. The molecule has 1 aliphatic heterocycles. The Bertz CT molecular complexity index is 505. The van der Waals surface area contributed by atoms with Gasteiger partial charge in [-0.05, 0) is 42.7 Å². The number of aliphatic carboxylic acids is 1. The van der Waals surface area contributed by atoms with Crippen LogP contribution >= 0.6 is 11.3 Å². The van der Waals surface area contributed by atoms with E-state index < -0.39 is 17.4 Å². The van der Waals surface area contributed by atoms with E-state index in [9.17, 15) is 14.7 Å². The van der Waals surface area contributed by atoms with Crippen molar-refractivity contribution in [3.8, 4) is 0 Å². The fourth-order valence-electron chi connectivity index (χ4n) is 2.32. The second kappa shape index (κ2) is 6.44. The molecule has 3 unspecified atom stereocenters. The number of amides is 2. The zero-order chi connectivity index (χ0) is 15.5. The maximum Gasteiger partial charge on any atom is 0.315 e. The summed E-state index contributed by atoms with van der Waals surface area (Å²) in [6.07, 6.45) is 0.744. The number of rotatable bonds is 5. The second-order valence-electron chi connectivity index (χ2n) is 5.64. The third-order valence-corrected chi connectivity index (χ3v) is 4.48. The SMILES string of the molecule is CC(Cc1ccsc1)NC(=O)NC1COCC1(C)C(=O)O. The Morgan fingerprint density at radius 1 is 1.62 bits per heavy atom. The van der Waals surface area contributed by atoms with E-state index in [1.807, 2.05) is 23.8 Å². The predicted octanol–water partition coefficient (Wildman–Crippen LogP) is 1.47. The van der Waals surface area contributed by atoms with Crippen LogP contribution in [0.1, 0.15) is 19.4 Å². The molecule has 0 aromatic carbocycles. The van der Waals surface area contributed by atoms with Gasteiger partial charge in [-0.2, -0.15) is 11.3 Å². The molecule has 2 rings (SSSR count). The van der Waals surface area contributed by atoms with Gasteiger partial charge in [-0.15, -0.1) is 0 Å². The van der Waals surface area contributed by atoms with Crippen molar-refractivity contribution in [1.82, 2.24) is 10.6 Å². The minimum Gasteiger partial charge on any atom is -0.481 e. The minimum absolute atomic E-state index is 0.0296. The smallest absolute Gasteiger partial charge is 0.315 e. The Hall–Kier alpha value is -1.60. The largest absolute Gasteiger partial charge is 0.481 e. The zero-order valence-electron chi connectivity index (χ0n) is 12.1. The van der Waals surface area contributed by atoms with Gasteiger partial charge in [0, 0.05) is 6.04 Å². The van der Waals surface area contributed by atoms with Crippen molar-refractivity contribution >= 4 is 23.3 Å². The summed E-state index contributed by atoms with van der Waals surface area (Å²) < 4.78 is 5.20. The third kappa shape index (κ3) is 3.74. The molecule has 7 heteroatoms. The van der Waals surface area contributed by atoms with Crippen LogP contribution in [0.25, 0.3) is 0 Å². The lowest BCUT2D eigenvalue weighted by atomic mass is 9.85. The van der Waals surface area contributed by atoms with Gasteiger partial charge in [-0.3, -0.25) is 4.79 Å². The fourth-order valence-corrected chi connectivity index (χ4v) is 3.00. The Balaban J connectivity index is 1.85. The van der Waals surface area contributed by atoms with E-state index in [-0.39, 0.29) is 25.3 Å². The number of carboxylic acid groups (broad SMARTS) is 1. The molecule has 0 radical (unpaired) electrons. The number of ether oxygens (including phenoxy) is 1. The van der Waals surface area contributed by atoms with E-state index in [1.54, 1.807) is 18.3 Å². The number of hydrogen-bond donors (Lipinski definition) is 3. The molecule has 0 bridgehead atoms. The van der Waals surface area contributed by atoms with E-state index in [0.717, 1.165) is 6.42 Å². The quantitative estimate of drug-likeness (QED) is 0.768. The molecule has 1 aromatic heterocycles. The van der Waals surface area contributed by atoms with Gasteiger partial charge < -0.3 is 20.5 Å². The molecule has 2 heterocycles. The van der Waals surface area contributed by atoms with Crippen molar-refractivity contribution in [2.24, 2.45) is 5.41 Å². The first-order chi connectivity index (χ1) is 9.91. The highest BCUT2D eigenvalue weighted by Crippen LogP contribution is 2.28. The molecule has 3 N–H and O–H groups in total. The van der Waals surface area contributed by atoms with Gasteiger partial charge in [-0.1, -0.05) is 0 Å². The number of thiophene rings is 1. The summed E-state index contributed by atoms with van der Waals surface area (Å²) in [7, 11) is 0. The maximum atomic E-state index is 12.0. The molecular formula is C14H20N2O4S. The number of hydrogen-bond acceptors (Lipinski definition) is 4. The van der Waals surface area contributed by atoms with E-state index in [0.29, 0.717) is 0 Å². The van der Waals surface area contributed by atoms with Crippen LogP contribution in [0.3, 0.4) is 0 Å². The van der Waals surface area contributed by atoms with Gasteiger partial charge in [0.25, 0.3) is 0 Å². The van der Waals surface area contributed by atoms with Crippen molar-refractivity contribution in [3.05, 3.63) is 22.4 Å². The normalized spacial score (nSPS) is 26.3. The summed E-state index contributed by atoms with van der Waals surface area (Å²) in [6, 6.07) is 1.11. The van der Waals surface area contributed by atoms with Gasteiger partial charge in [0.05, 0.1) is 19.3 Å². The topological polar surface area (TPSA) is 87.7 Å². The van der Waals surface area contributed by atoms with Crippen LogP contribution in [0.2, 0.25) is 0 Å². The highest BCUT2D eigenvalue weighted by atomic mass is 32.1. The number of urea groups is 1. The van der Waals surface area contributed by atoms with Gasteiger partial charge in [0.15, 0.2) is 0 Å². The molecule has 1 fully saturated rings. The van der Waals surface area contributed by atoms with Crippen LogP contribution in [0.15, 0.2) is 16.8 Å². The van der Waals surface area contributed by atoms with E-state index in [1.165, 1.54) is 5.56 Å². The van der Waals surface area contributed by atoms with Gasteiger partial charge >= 0.3 is 12.0 Å². The molecule has 0 aliphatic carbocycles. The molecule has 6 nitrogen and oxygen atoms in total. The molecule has 2 amide bonds. The fraction of sp³-hybridized carbons (Fsp3) is 0.571. The Morgan fingerprint density at radius 3 is 3.00 bits per heavy atom. The lowest BCUT2D eigenvalue weighted by Crippen LogP contribution is -2.53. The lowest BCUT2D eigenvalue weighted by Gasteiger charge is -2.26. The van der Waals surface area contributed by atoms with Crippen LogP contribution in [0.4, 0.5) is 4.79 Å². The van der Waals surface area contributed by atoms with Crippen molar-refractivity contribution < 1.29 is 19.4 Å². The van der Waals surface area contributed by atoms with E-state index in [4.69, 9.17) is 4.74 Å². The van der Waals surface area contributed by atoms with E-state index in [2.05, 4.69) is 10.6 Å². The van der Waals surface area contributed by atoms with Gasteiger partial charge in [0.2, 0.25) is 0 Å². The summed E-state index contributed by atoms with van der Waals surface area (Å²) in [5.74, 6) is -0.961. The Morgan fingerprint density at radius 2 is 2.38 bits per heavy atom. The third-order valence-electron chi connectivity index (χ3n) is 3.75. The van der Waals surface area contributed by atoms with Gasteiger partial charge in [-0.25, -0.2) is 4.79 Å². The van der Waals surface area contributed by atoms with Gasteiger partial charge in [0.1, 0.15) is 5.41 Å². The van der Waals surface area contributed by atoms with Crippen LogP contribution in [0, 0.1) is 5.41 Å². The minimum atomic E-state index is -1.08. The Labute approximate surface area is 127 Å². The molecule has 21 heavy (non-hydrogen) atoms. The summed E-state index contributed by atoms with van der Waals surface area (Å²) in [4.78, 5) is 23.3. The highest BCUT2D eigenvalue weighted by molar-refractivity contribution is 7.07. The second-order valence-corrected chi connectivity index (χ2v) is 6.42. The monoisotopic (exact) mass is 312 g/mol. The molecular weight excluding hydrogens is 292 g/mol. The number of carbonyl (C=O) groups excluding carboxylic acids is 1. The molecule has 116 valence electrons. The standard InChI is InChI=1S/C14H20N2O4S/c1-9(5-10-3-4-21-7-10)15-13(19)16-11-6-20-8-14(11,2)12(17)18/h3-4,7,9,11H,5-6,8H2,1-2H3,(H,17,18)(H2,15,16,19). The molecule has 0 spiro atoms. The van der Waals surface area contributed by atoms with Crippen LogP contribution in [-0.2, 0) is 16.0 Å². The summed E-state index contributed by atoms with van der Waals surface area (Å²) in [5.41, 5.74) is 0.0980. The summed E-state index contributed by atoms with van der Waals surface area (Å²) >= 11 is 1.62. The first-order valence-electron chi connectivity index (χ1n) is 6.81. The van der Waals surface area contributed by atoms with Crippen molar-refractivity contribution in [2.75, 3.05) is 13.2 Å².